The van der Waals surface area contributed by atoms with Gasteiger partial charge in [-0.25, -0.2) is 9.78 Å². The van der Waals surface area contributed by atoms with Crippen molar-refractivity contribution in [2.24, 2.45) is 0 Å². The number of esters is 1. The fourth-order valence-electron chi connectivity index (χ4n) is 2.91. The van der Waals surface area contributed by atoms with Crippen molar-refractivity contribution in [3.63, 3.8) is 0 Å². The van der Waals surface area contributed by atoms with Gasteiger partial charge in [0.05, 0.1) is 18.7 Å². The summed E-state index contributed by atoms with van der Waals surface area (Å²) in [7, 11) is 1.36. The van der Waals surface area contributed by atoms with Crippen LogP contribution in [0.2, 0.25) is 0 Å². The number of anilines is 1. The van der Waals surface area contributed by atoms with Crippen LogP contribution in [0.25, 0.3) is 11.0 Å². The summed E-state index contributed by atoms with van der Waals surface area (Å²) in [6.07, 6.45) is 1.70. The van der Waals surface area contributed by atoms with Crippen molar-refractivity contribution in [3.05, 3.63) is 64.1 Å². The van der Waals surface area contributed by atoms with Crippen molar-refractivity contribution in [2.45, 2.75) is 32.9 Å². The summed E-state index contributed by atoms with van der Waals surface area (Å²) in [4.78, 5) is 32.6. The van der Waals surface area contributed by atoms with E-state index in [0.717, 1.165) is 10.9 Å². The summed E-state index contributed by atoms with van der Waals surface area (Å²) in [6.45, 7) is 5.87. The summed E-state index contributed by atoms with van der Waals surface area (Å²) in [5.74, 6) is 0.0683. The number of fused-ring (bicyclic) bond motifs is 1. The van der Waals surface area contributed by atoms with Gasteiger partial charge in [-0.3, -0.25) is 9.36 Å². The first-order valence-electron chi connectivity index (χ1n) is 8.74. The average Bonchev–Trinajstić information content (AvgIpc) is 2.66. The number of hydrogen-bond donors (Lipinski definition) is 1. The van der Waals surface area contributed by atoms with Crippen molar-refractivity contribution >= 4 is 23.0 Å². The highest BCUT2D eigenvalue weighted by Crippen LogP contribution is 2.20. The molecule has 2 aromatic heterocycles. The number of aromatic nitrogens is 3. The molecule has 0 saturated heterocycles. The van der Waals surface area contributed by atoms with E-state index in [1.807, 2.05) is 32.9 Å². The van der Waals surface area contributed by atoms with E-state index in [0.29, 0.717) is 17.2 Å². The number of rotatable bonds is 5. The van der Waals surface area contributed by atoms with Crippen molar-refractivity contribution in [1.29, 1.82) is 0 Å². The lowest BCUT2D eigenvalue weighted by molar-refractivity contribution is 0.0600. The van der Waals surface area contributed by atoms with Crippen LogP contribution in [0.15, 0.2) is 47.4 Å². The molecule has 1 aromatic carbocycles. The predicted octanol–water partition coefficient (Wildman–Crippen LogP) is 3.33. The van der Waals surface area contributed by atoms with Crippen LogP contribution < -0.4 is 10.9 Å². The lowest BCUT2D eigenvalue weighted by Crippen LogP contribution is -2.22. The molecule has 27 heavy (non-hydrogen) atoms. The van der Waals surface area contributed by atoms with Crippen LogP contribution in [0, 0.1) is 0 Å². The zero-order chi connectivity index (χ0) is 19.6. The molecule has 140 valence electrons. The Balaban J connectivity index is 1.88. The van der Waals surface area contributed by atoms with Crippen molar-refractivity contribution in [1.82, 2.24) is 14.5 Å². The summed E-state index contributed by atoms with van der Waals surface area (Å²) >= 11 is 0. The smallest absolute Gasteiger partial charge is 0.337 e. The Labute approximate surface area is 157 Å². The summed E-state index contributed by atoms with van der Waals surface area (Å²) in [5, 5.41) is 4.05. The summed E-state index contributed by atoms with van der Waals surface area (Å²) in [6, 6.07) is 10.3. The Kier molecular flexibility index (Phi) is 5.21. The van der Waals surface area contributed by atoms with Crippen LogP contribution >= 0.6 is 0 Å². The standard InChI is InChI=1S/C20H22N4O3/c1-12(2)24-17(25)10-9-16-11-21-20(23-18(16)24)22-13(3)14-5-7-15(8-6-14)19(26)27-4/h5-13H,1-4H3,(H,21,22,23). The minimum atomic E-state index is -0.369. The second-order valence-corrected chi connectivity index (χ2v) is 6.59. The van der Waals surface area contributed by atoms with Gasteiger partial charge in [0.25, 0.3) is 5.56 Å². The molecule has 1 N–H and O–H groups in total. The van der Waals surface area contributed by atoms with E-state index in [9.17, 15) is 9.59 Å². The molecule has 0 aliphatic carbocycles. The number of carbonyl (C=O) groups excluding carboxylic acids is 1. The van der Waals surface area contributed by atoms with E-state index in [1.54, 1.807) is 29.0 Å². The highest BCUT2D eigenvalue weighted by molar-refractivity contribution is 5.89. The van der Waals surface area contributed by atoms with Gasteiger partial charge in [-0.1, -0.05) is 12.1 Å². The van der Waals surface area contributed by atoms with Gasteiger partial charge in [0.1, 0.15) is 5.65 Å². The molecule has 0 amide bonds. The summed E-state index contributed by atoms with van der Waals surface area (Å²) in [5.41, 5.74) is 1.98. The number of hydrogen-bond acceptors (Lipinski definition) is 6. The minimum absolute atomic E-state index is 0.00719. The van der Waals surface area contributed by atoms with Crippen LogP contribution in [0.4, 0.5) is 5.95 Å². The van der Waals surface area contributed by atoms with Gasteiger partial charge in [-0.2, -0.15) is 4.98 Å². The van der Waals surface area contributed by atoms with E-state index in [-0.39, 0.29) is 23.6 Å². The Hall–Kier alpha value is -3.22. The first kappa shape index (κ1) is 18.6. The molecule has 0 bridgehead atoms. The van der Waals surface area contributed by atoms with E-state index < -0.39 is 0 Å². The largest absolute Gasteiger partial charge is 0.465 e. The van der Waals surface area contributed by atoms with Crippen LogP contribution in [-0.4, -0.2) is 27.6 Å². The predicted molar refractivity (Wildman–Crippen MR) is 104 cm³/mol. The third-order valence-electron chi connectivity index (χ3n) is 4.36. The van der Waals surface area contributed by atoms with E-state index in [4.69, 9.17) is 4.74 Å². The van der Waals surface area contributed by atoms with Crippen LogP contribution in [0.3, 0.4) is 0 Å². The number of nitrogens with zero attached hydrogens (tertiary/aromatic N) is 3. The van der Waals surface area contributed by atoms with E-state index in [2.05, 4.69) is 15.3 Å². The molecular weight excluding hydrogens is 344 g/mol. The second-order valence-electron chi connectivity index (χ2n) is 6.59. The lowest BCUT2D eigenvalue weighted by atomic mass is 10.1. The second kappa shape index (κ2) is 7.57. The molecule has 0 fully saturated rings. The Bertz CT molecular complexity index is 1030. The number of methoxy groups -OCH3 is 1. The maximum absolute atomic E-state index is 12.2. The number of carbonyl (C=O) groups is 1. The number of benzene rings is 1. The number of nitrogens with one attached hydrogen (secondary N) is 1. The zero-order valence-electron chi connectivity index (χ0n) is 15.8. The number of pyridine rings is 1. The normalized spacial score (nSPS) is 12.2. The molecule has 7 nitrogen and oxygen atoms in total. The quantitative estimate of drug-likeness (QED) is 0.697. The lowest BCUT2D eigenvalue weighted by Gasteiger charge is -2.16. The van der Waals surface area contributed by atoms with Crippen LogP contribution in [-0.2, 0) is 4.74 Å². The topological polar surface area (TPSA) is 86.1 Å². The fourth-order valence-corrected chi connectivity index (χ4v) is 2.91. The third-order valence-corrected chi connectivity index (χ3v) is 4.36. The molecule has 0 spiro atoms. The molecule has 0 saturated carbocycles. The first-order valence-corrected chi connectivity index (χ1v) is 8.74. The first-order chi connectivity index (χ1) is 12.9. The zero-order valence-corrected chi connectivity index (χ0v) is 15.8. The molecular formula is C20H22N4O3. The van der Waals surface area contributed by atoms with Gasteiger partial charge in [-0.15, -0.1) is 0 Å². The van der Waals surface area contributed by atoms with Gasteiger partial charge in [0.15, 0.2) is 0 Å². The monoisotopic (exact) mass is 366 g/mol. The summed E-state index contributed by atoms with van der Waals surface area (Å²) < 4.78 is 6.36. The molecule has 2 heterocycles. The number of ether oxygens (including phenoxy) is 1. The minimum Gasteiger partial charge on any atom is -0.465 e. The molecule has 3 aromatic rings. The van der Waals surface area contributed by atoms with Crippen molar-refractivity contribution < 1.29 is 9.53 Å². The molecule has 0 aliphatic rings. The van der Waals surface area contributed by atoms with Crippen molar-refractivity contribution in [2.75, 3.05) is 12.4 Å². The highest BCUT2D eigenvalue weighted by atomic mass is 16.5. The van der Waals surface area contributed by atoms with Crippen LogP contribution in [0.5, 0.6) is 0 Å². The van der Waals surface area contributed by atoms with Crippen molar-refractivity contribution in [3.8, 4) is 0 Å². The molecule has 7 heteroatoms. The van der Waals surface area contributed by atoms with Gasteiger partial charge in [0.2, 0.25) is 5.95 Å². The fraction of sp³-hybridized carbons (Fsp3) is 0.300. The molecule has 1 atom stereocenters. The third kappa shape index (κ3) is 3.81. The van der Waals surface area contributed by atoms with Gasteiger partial charge >= 0.3 is 5.97 Å². The molecule has 1 unspecified atom stereocenters. The Morgan fingerprint density at radius 1 is 1.11 bits per heavy atom. The average molecular weight is 366 g/mol. The maximum Gasteiger partial charge on any atom is 0.337 e. The molecule has 3 rings (SSSR count). The Morgan fingerprint density at radius 2 is 1.81 bits per heavy atom. The van der Waals surface area contributed by atoms with E-state index in [1.165, 1.54) is 13.2 Å². The molecule has 0 radical (unpaired) electrons. The van der Waals surface area contributed by atoms with E-state index >= 15 is 0 Å². The van der Waals surface area contributed by atoms with Gasteiger partial charge in [-0.05, 0) is 44.5 Å². The SMILES string of the molecule is COC(=O)c1ccc(C(C)Nc2ncc3ccc(=O)n(C(C)C)c3n2)cc1. The molecule has 0 aliphatic heterocycles. The van der Waals surface area contributed by atoms with Crippen LogP contribution in [0.1, 0.15) is 48.8 Å². The Morgan fingerprint density at radius 3 is 2.44 bits per heavy atom. The highest BCUT2D eigenvalue weighted by Gasteiger charge is 2.12. The van der Waals surface area contributed by atoms with Gasteiger partial charge < -0.3 is 10.1 Å². The van der Waals surface area contributed by atoms with Gasteiger partial charge in [0, 0.05) is 23.7 Å². The maximum atomic E-state index is 12.2.